The van der Waals surface area contributed by atoms with Gasteiger partial charge in [-0.15, -0.1) is 0 Å². The molecule has 5 atom stereocenters. The minimum atomic E-state index is -1.51. The molecule has 2 aromatic carbocycles. The van der Waals surface area contributed by atoms with Gasteiger partial charge in [0.05, 0.1) is 19.3 Å². The second-order valence-corrected chi connectivity index (χ2v) is 9.80. The maximum atomic E-state index is 13.0. The molecule has 1 heterocycles. The van der Waals surface area contributed by atoms with Crippen molar-refractivity contribution in [3.8, 4) is 11.5 Å². The highest BCUT2D eigenvalue weighted by atomic mass is 16.7. The number of methoxy groups -OCH3 is 1. The normalized spacial score (nSPS) is 20.3. The van der Waals surface area contributed by atoms with Crippen molar-refractivity contribution in [1.29, 1.82) is 0 Å². The van der Waals surface area contributed by atoms with E-state index >= 15 is 0 Å². The molecule has 0 aliphatic carbocycles. The number of esters is 5. The van der Waals surface area contributed by atoms with Crippen LogP contribution in [0.5, 0.6) is 11.5 Å². The van der Waals surface area contributed by atoms with Crippen molar-refractivity contribution in [2.45, 2.75) is 65.3 Å². The van der Waals surface area contributed by atoms with E-state index in [0.29, 0.717) is 11.3 Å². The number of rotatable bonds is 12. The molecule has 15 nitrogen and oxygen atoms in total. The average molecular weight is 646 g/mol. The Morgan fingerprint density at radius 2 is 1.30 bits per heavy atom. The third-order valence-corrected chi connectivity index (χ3v) is 6.27. The first-order chi connectivity index (χ1) is 21.8. The fraction of sp³-hybridized carbons (Fsp3) is 0.419. The van der Waals surface area contributed by atoms with E-state index in [1.807, 2.05) is 0 Å². The van der Waals surface area contributed by atoms with Gasteiger partial charge in [-0.3, -0.25) is 24.0 Å². The van der Waals surface area contributed by atoms with Gasteiger partial charge >= 0.3 is 29.8 Å². The lowest BCUT2D eigenvalue weighted by molar-refractivity contribution is -0.288. The summed E-state index contributed by atoms with van der Waals surface area (Å²) in [5, 5.41) is 2.71. The van der Waals surface area contributed by atoms with Crippen molar-refractivity contribution in [2.24, 2.45) is 0 Å². The van der Waals surface area contributed by atoms with Gasteiger partial charge in [-0.25, -0.2) is 4.79 Å². The first-order valence-electron chi connectivity index (χ1n) is 14.1. The molecular formula is C31H35NO14. The first-order valence-corrected chi connectivity index (χ1v) is 14.1. The monoisotopic (exact) mass is 645 g/mol. The Hall–Kier alpha value is -5.18. The average Bonchev–Trinajstić information content (AvgIpc) is 2.99. The molecule has 0 bridgehead atoms. The summed E-state index contributed by atoms with van der Waals surface area (Å²) >= 11 is 0. The van der Waals surface area contributed by atoms with E-state index in [4.69, 9.17) is 37.9 Å². The highest BCUT2D eigenvalue weighted by Crippen LogP contribution is 2.35. The summed E-state index contributed by atoms with van der Waals surface area (Å²) in [5.41, 5.74) is 0.903. The predicted molar refractivity (Wildman–Crippen MR) is 156 cm³/mol. The van der Waals surface area contributed by atoms with Crippen LogP contribution in [0.2, 0.25) is 0 Å². The van der Waals surface area contributed by atoms with Crippen molar-refractivity contribution in [3.05, 3.63) is 53.6 Å². The molecule has 1 N–H and O–H groups in total. The number of ether oxygens (including phenoxy) is 8. The van der Waals surface area contributed by atoms with E-state index in [1.54, 1.807) is 19.1 Å². The van der Waals surface area contributed by atoms with E-state index in [9.17, 15) is 28.8 Å². The number of anilines is 1. The molecule has 0 saturated carbocycles. The third kappa shape index (κ3) is 9.66. The maximum absolute atomic E-state index is 13.0. The molecule has 248 valence electrons. The zero-order chi connectivity index (χ0) is 34.0. The Morgan fingerprint density at radius 3 is 1.87 bits per heavy atom. The molecule has 3 rings (SSSR count). The number of carbonyl (C=O) groups excluding carboxylic acids is 6. The maximum Gasteiger partial charge on any atom is 0.338 e. The summed E-state index contributed by atoms with van der Waals surface area (Å²) in [6.07, 6.45) is -6.99. The number of carbonyl (C=O) groups is 6. The highest BCUT2D eigenvalue weighted by molar-refractivity contribution is 6.05. The smallest absolute Gasteiger partial charge is 0.338 e. The van der Waals surface area contributed by atoms with Crippen LogP contribution in [0, 0.1) is 0 Å². The molecular weight excluding hydrogens is 610 g/mol. The lowest BCUT2D eigenvalue weighted by Crippen LogP contribution is -2.63. The van der Waals surface area contributed by atoms with Gasteiger partial charge in [-0.1, -0.05) is 0 Å². The molecule has 1 amide bonds. The molecule has 0 aromatic heterocycles. The zero-order valence-electron chi connectivity index (χ0n) is 26.1. The Balaban J connectivity index is 1.90. The van der Waals surface area contributed by atoms with Crippen LogP contribution in [0.3, 0.4) is 0 Å². The molecule has 1 saturated heterocycles. The van der Waals surface area contributed by atoms with Crippen LogP contribution in [0.25, 0.3) is 0 Å². The molecule has 0 unspecified atom stereocenters. The Bertz CT molecular complexity index is 1440. The van der Waals surface area contributed by atoms with Gasteiger partial charge in [0.25, 0.3) is 5.91 Å². The third-order valence-electron chi connectivity index (χ3n) is 6.27. The molecule has 1 aliphatic heterocycles. The van der Waals surface area contributed by atoms with Crippen molar-refractivity contribution >= 4 is 41.4 Å². The Kier molecular flexibility index (Phi) is 12.4. The van der Waals surface area contributed by atoms with Crippen LogP contribution < -0.4 is 14.8 Å². The van der Waals surface area contributed by atoms with Crippen LogP contribution in [0.15, 0.2) is 42.5 Å². The molecule has 15 heteroatoms. The predicted octanol–water partition coefficient (Wildman–Crippen LogP) is 2.59. The van der Waals surface area contributed by atoms with Gasteiger partial charge in [0.1, 0.15) is 12.7 Å². The van der Waals surface area contributed by atoms with Gasteiger partial charge in [0.2, 0.25) is 12.4 Å². The zero-order valence-corrected chi connectivity index (χ0v) is 26.1. The van der Waals surface area contributed by atoms with Crippen LogP contribution >= 0.6 is 0 Å². The fourth-order valence-corrected chi connectivity index (χ4v) is 4.42. The van der Waals surface area contributed by atoms with Crippen molar-refractivity contribution < 1.29 is 66.7 Å². The SMILES string of the molecule is CCOC(=O)c1ccc(NC(=O)c2ccc(O[C@H]3O[C@@H](COC(C)=O)[C@H](OC(C)=O)[C@@H](OC(C)=O)[C@@H]3OC(C)=O)c(OC)c2)cc1. The number of hydrogen-bond acceptors (Lipinski definition) is 14. The van der Waals surface area contributed by atoms with Crippen LogP contribution in [0.1, 0.15) is 55.3 Å². The molecule has 1 fully saturated rings. The quantitative estimate of drug-likeness (QED) is 0.262. The molecule has 0 spiro atoms. The standard InChI is InChI=1S/C31H35NO14/c1-7-40-30(38)20-8-11-22(12-9-20)32-29(37)21-10-13-23(24(14-21)39-6)45-31-28(44-19(5)36)27(43-18(4)35)26(42-17(3)34)25(46-31)15-41-16(2)33/h8-14,25-28,31H,7,15H2,1-6H3,(H,32,37)/t25-,26-,27+,28-,31-/m0/s1. The topological polar surface area (TPSA) is 188 Å². The molecule has 46 heavy (non-hydrogen) atoms. The number of amides is 1. The summed E-state index contributed by atoms with van der Waals surface area (Å²) < 4.78 is 43.6. The van der Waals surface area contributed by atoms with Gasteiger partial charge in [0, 0.05) is 38.9 Å². The second-order valence-electron chi connectivity index (χ2n) is 9.80. The van der Waals surface area contributed by atoms with Crippen LogP contribution in [0.4, 0.5) is 5.69 Å². The van der Waals surface area contributed by atoms with Crippen molar-refractivity contribution in [1.82, 2.24) is 0 Å². The van der Waals surface area contributed by atoms with Crippen LogP contribution in [-0.2, 0) is 47.6 Å². The van der Waals surface area contributed by atoms with Gasteiger partial charge in [-0.2, -0.15) is 0 Å². The summed E-state index contributed by atoms with van der Waals surface area (Å²) in [5.74, 6) is -3.94. The van der Waals surface area contributed by atoms with E-state index in [1.165, 1.54) is 37.4 Å². The van der Waals surface area contributed by atoms with Crippen molar-refractivity contribution in [2.75, 3.05) is 25.6 Å². The number of hydrogen-bond donors (Lipinski definition) is 1. The lowest BCUT2D eigenvalue weighted by Gasteiger charge is -2.44. The summed E-state index contributed by atoms with van der Waals surface area (Å²) in [6, 6.07) is 10.3. The minimum Gasteiger partial charge on any atom is -0.493 e. The molecule has 0 radical (unpaired) electrons. The number of nitrogens with one attached hydrogen (secondary N) is 1. The van der Waals surface area contributed by atoms with E-state index < -0.39 is 73.1 Å². The van der Waals surface area contributed by atoms with Crippen LogP contribution in [-0.4, -0.2) is 86.8 Å². The minimum absolute atomic E-state index is 0.0266. The van der Waals surface area contributed by atoms with E-state index in [-0.39, 0.29) is 23.7 Å². The summed E-state index contributed by atoms with van der Waals surface area (Å²) in [4.78, 5) is 72.6. The number of benzene rings is 2. The van der Waals surface area contributed by atoms with E-state index in [2.05, 4.69) is 5.32 Å². The first kappa shape index (κ1) is 35.3. The Labute approximate surface area is 264 Å². The lowest BCUT2D eigenvalue weighted by atomic mass is 9.98. The van der Waals surface area contributed by atoms with E-state index in [0.717, 1.165) is 27.7 Å². The largest absolute Gasteiger partial charge is 0.493 e. The van der Waals surface area contributed by atoms with Crippen molar-refractivity contribution in [3.63, 3.8) is 0 Å². The Morgan fingerprint density at radius 1 is 0.717 bits per heavy atom. The fourth-order valence-electron chi connectivity index (χ4n) is 4.42. The highest BCUT2D eigenvalue weighted by Gasteiger charge is 2.53. The molecule has 2 aromatic rings. The van der Waals surface area contributed by atoms with Gasteiger partial charge < -0.3 is 43.2 Å². The van der Waals surface area contributed by atoms with Gasteiger partial charge in [-0.05, 0) is 49.4 Å². The molecule has 1 aliphatic rings. The summed E-state index contributed by atoms with van der Waals surface area (Å²) in [6.45, 7) is 5.96. The second kappa shape index (κ2) is 16.2. The van der Waals surface area contributed by atoms with Gasteiger partial charge in [0.15, 0.2) is 23.7 Å². The summed E-state index contributed by atoms with van der Waals surface area (Å²) in [7, 11) is 1.32.